The Morgan fingerprint density at radius 1 is 1.05 bits per heavy atom. The van der Waals surface area contributed by atoms with Crippen LogP contribution in [0.25, 0.3) is 11.0 Å². The fourth-order valence-electron chi connectivity index (χ4n) is 4.64. The van der Waals surface area contributed by atoms with E-state index in [1.165, 1.54) is 6.07 Å². The first-order valence-electron chi connectivity index (χ1n) is 12.8. The third-order valence-electron chi connectivity index (χ3n) is 6.64. The number of carbonyl (C=O) groups excluding carboxylic acids is 2. The molecular formula is C27H29F3N4O6. The molecule has 0 aliphatic heterocycles. The summed E-state index contributed by atoms with van der Waals surface area (Å²) in [7, 11) is 0. The van der Waals surface area contributed by atoms with Crippen LogP contribution in [-0.4, -0.2) is 42.0 Å². The average molecular weight is 563 g/mol. The number of rotatable bonds is 9. The predicted molar refractivity (Wildman–Crippen MR) is 140 cm³/mol. The van der Waals surface area contributed by atoms with Crippen LogP contribution in [0.4, 0.5) is 24.5 Å². The minimum atomic E-state index is -4.84. The fraction of sp³-hybridized carbons (Fsp3) is 0.407. The number of nitrogens with one attached hydrogen (secondary N) is 3. The van der Waals surface area contributed by atoms with Crippen LogP contribution < -0.4 is 16.0 Å². The second-order valence-electron chi connectivity index (χ2n) is 9.67. The number of nitro groups is 1. The summed E-state index contributed by atoms with van der Waals surface area (Å²) in [5.41, 5.74) is -0.330. The van der Waals surface area contributed by atoms with Gasteiger partial charge in [-0.15, -0.1) is 0 Å². The van der Waals surface area contributed by atoms with Crippen LogP contribution in [0.15, 0.2) is 46.9 Å². The third-order valence-corrected chi connectivity index (χ3v) is 6.64. The van der Waals surface area contributed by atoms with Gasteiger partial charge in [-0.05, 0) is 62.9 Å². The molecule has 2 amide bonds. The fourth-order valence-corrected chi connectivity index (χ4v) is 4.64. The standard InChI is InChI=1S/C27H29F3N4O6/c1-16-2-9-24-17(12-16)13-21(40-24)15-32-26(36)25(35)31-10-11-39-20-6-3-18(4-7-20)33-19-5-8-23(34(37)38)22(14-19)27(28,29)30/h2,5,8-9,12-14,18,20,33H,3-4,6-7,10-11,15H2,1H3,(H,31,35)(H,32,36). The van der Waals surface area contributed by atoms with Gasteiger partial charge in [0, 0.05) is 29.7 Å². The highest BCUT2D eigenvalue weighted by molar-refractivity contribution is 6.35. The summed E-state index contributed by atoms with van der Waals surface area (Å²) in [4.78, 5) is 34.0. The number of fused-ring (bicyclic) bond motifs is 1. The first-order valence-corrected chi connectivity index (χ1v) is 12.8. The number of anilines is 1. The van der Waals surface area contributed by atoms with Gasteiger partial charge in [0.15, 0.2) is 0 Å². The highest BCUT2D eigenvalue weighted by atomic mass is 19.4. The Kier molecular flexibility index (Phi) is 8.93. The maximum atomic E-state index is 13.2. The van der Waals surface area contributed by atoms with Crippen molar-refractivity contribution in [1.82, 2.24) is 10.6 Å². The molecule has 4 rings (SSSR count). The summed E-state index contributed by atoms with van der Waals surface area (Å²) in [6.07, 6.45) is -2.40. The number of nitrogens with zero attached hydrogens (tertiary/aromatic N) is 1. The lowest BCUT2D eigenvalue weighted by molar-refractivity contribution is -0.388. The Morgan fingerprint density at radius 2 is 1.77 bits per heavy atom. The predicted octanol–water partition coefficient (Wildman–Crippen LogP) is 4.84. The second kappa shape index (κ2) is 12.4. The molecule has 1 aromatic heterocycles. The van der Waals surface area contributed by atoms with E-state index in [-0.39, 0.29) is 37.5 Å². The number of hydrogen-bond donors (Lipinski definition) is 3. The molecule has 1 fully saturated rings. The maximum Gasteiger partial charge on any atom is 0.423 e. The van der Waals surface area contributed by atoms with Crippen molar-refractivity contribution in [3.63, 3.8) is 0 Å². The van der Waals surface area contributed by atoms with Crippen LogP contribution >= 0.6 is 0 Å². The van der Waals surface area contributed by atoms with Crippen molar-refractivity contribution in [2.75, 3.05) is 18.5 Å². The summed E-state index contributed by atoms with van der Waals surface area (Å²) in [6, 6.07) is 10.3. The van der Waals surface area contributed by atoms with Gasteiger partial charge < -0.3 is 25.1 Å². The Hall–Kier alpha value is -4.13. The Bertz CT molecular complexity index is 1380. The van der Waals surface area contributed by atoms with Crippen LogP contribution in [0.5, 0.6) is 0 Å². The third kappa shape index (κ3) is 7.50. The van der Waals surface area contributed by atoms with Crippen LogP contribution in [0.1, 0.15) is 42.6 Å². The first kappa shape index (κ1) is 28.9. The smallest absolute Gasteiger partial charge is 0.423 e. The molecule has 13 heteroatoms. The van der Waals surface area contributed by atoms with Gasteiger partial charge >= 0.3 is 18.0 Å². The number of halogens is 3. The van der Waals surface area contributed by atoms with E-state index in [9.17, 15) is 32.9 Å². The van der Waals surface area contributed by atoms with Crippen molar-refractivity contribution in [2.45, 2.75) is 57.5 Å². The molecule has 2 aromatic carbocycles. The number of hydrogen-bond acceptors (Lipinski definition) is 7. The number of amides is 2. The quantitative estimate of drug-likeness (QED) is 0.147. The van der Waals surface area contributed by atoms with E-state index in [2.05, 4.69) is 16.0 Å². The molecule has 214 valence electrons. The van der Waals surface area contributed by atoms with E-state index in [0.717, 1.165) is 23.1 Å². The topological polar surface area (TPSA) is 136 Å². The van der Waals surface area contributed by atoms with Crippen LogP contribution in [-0.2, 0) is 27.0 Å². The molecule has 0 spiro atoms. The molecule has 1 saturated carbocycles. The van der Waals surface area contributed by atoms with Crippen LogP contribution in [0.2, 0.25) is 0 Å². The summed E-state index contributed by atoms with van der Waals surface area (Å²) < 4.78 is 51.1. The van der Waals surface area contributed by atoms with Crippen molar-refractivity contribution in [2.24, 2.45) is 0 Å². The maximum absolute atomic E-state index is 13.2. The molecule has 10 nitrogen and oxygen atoms in total. The van der Waals surface area contributed by atoms with Crippen LogP contribution in [0, 0.1) is 17.0 Å². The number of benzene rings is 2. The minimum absolute atomic E-state index is 0.0746. The molecular weight excluding hydrogens is 533 g/mol. The van der Waals surface area contributed by atoms with Crippen molar-refractivity contribution in [3.8, 4) is 0 Å². The summed E-state index contributed by atoms with van der Waals surface area (Å²) in [6.45, 7) is 2.37. The Balaban J connectivity index is 1.14. The highest BCUT2D eigenvalue weighted by Crippen LogP contribution is 2.38. The molecule has 0 unspecified atom stereocenters. The van der Waals surface area contributed by atoms with Crippen LogP contribution in [0.3, 0.4) is 0 Å². The zero-order valence-corrected chi connectivity index (χ0v) is 21.7. The zero-order chi connectivity index (χ0) is 28.9. The number of ether oxygens (including phenoxy) is 1. The first-order chi connectivity index (χ1) is 19.0. The molecule has 0 saturated heterocycles. The van der Waals surface area contributed by atoms with Crippen molar-refractivity contribution in [1.29, 1.82) is 0 Å². The van der Waals surface area contributed by atoms with Gasteiger partial charge in [-0.2, -0.15) is 13.2 Å². The largest absolute Gasteiger partial charge is 0.459 e. The van der Waals surface area contributed by atoms with E-state index in [4.69, 9.17) is 9.15 Å². The number of furan rings is 1. The summed E-state index contributed by atoms with van der Waals surface area (Å²) in [5, 5.41) is 19.9. The van der Waals surface area contributed by atoms with E-state index < -0.39 is 34.2 Å². The van der Waals surface area contributed by atoms with Gasteiger partial charge in [0.05, 0.1) is 24.2 Å². The second-order valence-corrected chi connectivity index (χ2v) is 9.67. The molecule has 1 aliphatic rings. The number of carbonyl (C=O) groups is 2. The summed E-state index contributed by atoms with van der Waals surface area (Å²) >= 11 is 0. The lowest BCUT2D eigenvalue weighted by atomic mass is 9.92. The number of nitro benzene ring substituents is 1. The lowest BCUT2D eigenvalue weighted by Gasteiger charge is -2.30. The Morgan fingerprint density at radius 3 is 2.48 bits per heavy atom. The van der Waals surface area contributed by atoms with E-state index in [0.29, 0.717) is 37.0 Å². The molecule has 1 heterocycles. The van der Waals surface area contributed by atoms with Gasteiger partial charge in [0.2, 0.25) is 0 Å². The Labute approximate surface area is 227 Å². The average Bonchev–Trinajstić information content (AvgIpc) is 3.32. The molecule has 0 bridgehead atoms. The van der Waals surface area contributed by atoms with E-state index in [1.54, 1.807) is 0 Å². The summed E-state index contributed by atoms with van der Waals surface area (Å²) in [5.74, 6) is -1.04. The van der Waals surface area contributed by atoms with Crippen molar-refractivity contribution in [3.05, 3.63) is 69.5 Å². The molecule has 3 aromatic rings. The minimum Gasteiger partial charge on any atom is -0.459 e. The van der Waals surface area contributed by atoms with Gasteiger partial charge in [-0.3, -0.25) is 19.7 Å². The van der Waals surface area contributed by atoms with Gasteiger partial charge in [0.25, 0.3) is 5.69 Å². The lowest BCUT2D eigenvalue weighted by Crippen LogP contribution is -2.41. The van der Waals surface area contributed by atoms with Gasteiger partial charge in [0.1, 0.15) is 16.9 Å². The monoisotopic (exact) mass is 562 g/mol. The molecule has 0 radical (unpaired) electrons. The zero-order valence-electron chi connectivity index (χ0n) is 21.7. The molecule has 40 heavy (non-hydrogen) atoms. The number of aryl methyl sites for hydroxylation is 1. The van der Waals surface area contributed by atoms with Crippen molar-refractivity contribution < 1.29 is 36.8 Å². The molecule has 3 N–H and O–H groups in total. The normalized spacial score (nSPS) is 17.4. The number of alkyl halides is 3. The van der Waals surface area contributed by atoms with Crippen molar-refractivity contribution >= 4 is 34.2 Å². The SMILES string of the molecule is Cc1ccc2oc(CNC(=O)C(=O)NCCOC3CCC(Nc4ccc([N+](=O)[O-])c(C(F)(F)F)c4)CC3)cc2c1. The van der Waals surface area contributed by atoms with E-state index in [1.807, 2.05) is 31.2 Å². The molecule has 1 aliphatic carbocycles. The van der Waals surface area contributed by atoms with Gasteiger partial charge in [-0.25, -0.2) is 0 Å². The van der Waals surface area contributed by atoms with Gasteiger partial charge in [-0.1, -0.05) is 11.6 Å². The highest BCUT2D eigenvalue weighted by Gasteiger charge is 2.38. The van der Waals surface area contributed by atoms with E-state index >= 15 is 0 Å². The molecule has 0 atom stereocenters.